The summed E-state index contributed by atoms with van der Waals surface area (Å²) in [4.78, 5) is 0. The van der Waals surface area contributed by atoms with Crippen LogP contribution in [0.15, 0.2) is 46.6 Å². The molecule has 1 heteroatoms. The fourth-order valence-corrected chi connectivity index (χ4v) is 2.09. The van der Waals surface area contributed by atoms with E-state index in [2.05, 4.69) is 31.2 Å². The highest BCUT2D eigenvalue weighted by molar-refractivity contribution is 5.42. The second-order valence-electron chi connectivity index (χ2n) is 4.38. The SMILES string of the molecule is CC1=CC=C(C2=CC=C(CO)CC2)CC1. The molecule has 2 rings (SSSR count). The standard InChI is InChI=1S/C14H18O/c1-11-2-6-13(7-3-11)14-8-4-12(10-15)5-9-14/h2,4,6,8,15H,3,5,7,9-10H2,1H3. The van der Waals surface area contributed by atoms with Crippen LogP contribution in [0.5, 0.6) is 0 Å². The molecule has 0 atom stereocenters. The molecule has 0 saturated carbocycles. The number of hydrogen-bond acceptors (Lipinski definition) is 1. The van der Waals surface area contributed by atoms with Crippen molar-refractivity contribution in [3.05, 3.63) is 46.6 Å². The van der Waals surface area contributed by atoms with Gasteiger partial charge in [-0.1, -0.05) is 29.9 Å². The maximum Gasteiger partial charge on any atom is 0.0644 e. The fourth-order valence-electron chi connectivity index (χ4n) is 2.09. The van der Waals surface area contributed by atoms with Gasteiger partial charge < -0.3 is 5.11 Å². The van der Waals surface area contributed by atoms with Crippen molar-refractivity contribution in [1.29, 1.82) is 0 Å². The van der Waals surface area contributed by atoms with Crippen LogP contribution in [-0.2, 0) is 0 Å². The molecule has 0 heterocycles. The molecule has 0 aromatic heterocycles. The number of hydrogen-bond donors (Lipinski definition) is 1. The summed E-state index contributed by atoms with van der Waals surface area (Å²) in [6.45, 7) is 2.40. The minimum absolute atomic E-state index is 0.210. The summed E-state index contributed by atoms with van der Waals surface area (Å²) in [5.41, 5.74) is 5.56. The third kappa shape index (κ3) is 2.48. The van der Waals surface area contributed by atoms with Crippen LogP contribution in [0.2, 0.25) is 0 Å². The minimum Gasteiger partial charge on any atom is -0.392 e. The van der Waals surface area contributed by atoms with E-state index in [0.29, 0.717) is 0 Å². The van der Waals surface area contributed by atoms with Crippen molar-refractivity contribution in [1.82, 2.24) is 0 Å². The highest BCUT2D eigenvalue weighted by atomic mass is 16.3. The van der Waals surface area contributed by atoms with E-state index < -0.39 is 0 Å². The van der Waals surface area contributed by atoms with Crippen molar-refractivity contribution in [3.63, 3.8) is 0 Å². The Balaban J connectivity index is 2.13. The lowest BCUT2D eigenvalue weighted by Gasteiger charge is -2.18. The first-order valence-corrected chi connectivity index (χ1v) is 5.66. The Hall–Kier alpha value is -1.08. The van der Waals surface area contributed by atoms with Crippen LogP contribution in [0, 0.1) is 0 Å². The van der Waals surface area contributed by atoms with Gasteiger partial charge in [0.1, 0.15) is 0 Å². The van der Waals surface area contributed by atoms with Crippen LogP contribution >= 0.6 is 0 Å². The monoisotopic (exact) mass is 202 g/mol. The normalized spacial score (nSPS) is 21.5. The number of allylic oxidation sites excluding steroid dienone is 7. The molecular weight excluding hydrogens is 184 g/mol. The Morgan fingerprint density at radius 2 is 1.60 bits per heavy atom. The number of aliphatic hydroxyl groups is 1. The highest BCUT2D eigenvalue weighted by Crippen LogP contribution is 2.29. The first-order valence-electron chi connectivity index (χ1n) is 5.66. The predicted octanol–water partition coefficient (Wildman–Crippen LogP) is 3.29. The maximum atomic E-state index is 9.00. The lowest BCUT2D eigenvalue weighted by atomic mass is 9.88. The summed E-state index contributed by atoms with van der Waals surface area (Å²) in [7, 11) is 0. The highest BCUT2D eigenvalue weighted by Gasteiger charge is 2.11. The summed E-state index contributed by atoms with van der Waals surface area (Å²) in [5, 5.41) is 9.00. The predicted molar refractivity (Wildman–Crippen MR) is 63.6 cm³/mol. The molecule has 1 N–H and O–H groups in total. The van der Waals surface area contributed by atoms with Gasteiger partial charge in [-0.15, -0.1) is 0 Å². The minimum atomic E-state index is 0.210. The van der Waals surface area contributed by atoms with E-state index in [1.807, 2.05) is 0 Å². The molecule has 0 bridgehead atoms. The van der Waals surface area contributed by atoms with Crippen molar-refractivity contribution in [3.8, 4) is 0 Å². The molecular formula is C14H18O. The van der Waals surface area contributed by atoms with Gasteiger partial charge >= 0.3 is 0 Å². The smallest absolute Gasteiger partial charge is 0.0644 e. The van der Waals surface area contributed by atoms with Gasteiger partial charge in [0.25, 0.3) is 0 Å². The van der Waals surface area contributed by atoms with Gasteiger partial charge in [0.15, 0.2) is 0 Å². The van der Waals surface area contributed by atoms with Crippen LogP contribution in [-0.4, -0.2) is 11.7 Å². The van der Waals surface area contributed by atoms with E-state index in [1.165, 1.54) is 29.6 Å². The van der Waals surface area contributed by atoms with Crippen molar-refractivity contribution in [2.24, 2.45) is 0 Å². The molecule has 0 aromatic carbocycles. The summed E-state index contributed by atoms with van der Waals surface area (Å²) in [5.74, 6) is 0. The molecule has 80 valence electrons. The number of aliphatic hydroxyl groups excluding tert-OH is 1. The van der Waals surface area contributed by atoms with E-state index >= 15 is 0 Å². The molecule has 0 unspecified atom stereocenters. The third-order valence-electron chi connectivity index (χ3n) is 3.21. The Kier molecular flexibility index (Phi) is 3.22. The van der Waals surface area contributed by atoms with Crippen molar-refractivity contribution < 1.29 is 5.11 Å². The lowest BCUT2D eigenvalue weighted by molar-refractivity contribution is 0.326. The molecule has 1 nitrogen and oxygen atoms in total. The summed E-state index contributed by atoms with van der Waals surface area (Å²) >= 11 is 0. The average Bonchev–Trinajstić information content (AvgIpc) is 2.30. The lowest BCUT2D eigenvalue weighted by Crippen LogP contribution is -2.01. The van der Waals surface area contributed by atoms with Crippen molar-refractivity contribution >= 4 is 0 Å². The Bertz CT molecular complexity index is 367. The third-order valence-corrected chi connectivity index (χ3v) is 3.21. The summed E-state index contributed by atoms with van der Waals surface area (Å²) in [6.07, 6.45) is 13.2. The van der Waals surface area contributed by atoms with E-state index in [4.69, 9.17) is 5.11 Å². The molecule has 0 spiro atoms. The Labute approximate surface area is 91.5 Å². The zero-order valence-corrected chi connectivity index (χ0v) is 9.29. The molecule has 0 aliphatic heterocycles. The van der Waals surface area contributed by atoms with Gasteiger partial charge in [-0.05, 0) is 49.3 Å². The first-order chi connectivity index (χ1) is 7.29. The van der Waals surface area contributed by atoms with E-state index in [0.717, 1.165) is 18.4 Å². The van der Waals surface area contributed by atoms with Crippen LogP contribution in [0.25, 0.3) is 0 Å². The van der Waals surface area contributed by atoms with Crippen LogP contribution in [0.3, 0.4) is 0 Å². The van der Waals surface area contributed by atoms with Crippen molar-refractivity contribution in [2.75, 3.05) is 6.61 Å². The quantitative estimate of drug-likeness (QED) is 0.728. The second-order valence-corrected chi connectivity index (χ2v) is 4.38. The number of rotatable bonds is 2. The second kappa shape index (κ2) is 4.63. The molecule has 0 radical (unpaired) electrons. The maximum absolute atomic E-state index is 9.00. The summed E-state index contributed by atoms with van der Waals surface area (Å²) in [6, 6.07) is 0. The summed E-state index contributed by atoms with van der Waals surface area (Å²) < 4.78 is 0. The molecule has 2 aliphatic rings. The first kappa shape index (κ1) is 10.4. The van der Waals surface area contributed by atoms with Gasteiger partial charge in [-0.25, -0.2) is 0 Å². The van der Waals surface area contributed by atoms with Crippen LogP contribution < -0.4 is 0 Å². The Morgan fingerprint density at radius 3 is 2.07 bits per heavy atom. The van der Waals surface area contributed by atoms with Crippen molar-refractivity contribution in [2.45, 2.75) is 32.6 Å². The van der Waals surface area contributed by atoms with Crippen LogP contribution in [0.4, 0.5) is 0 Å². The molecule has 0 amide bonds. The van der Waals surface area contributed by atoms with E-state index in [-0.39, 0.29) is 6.61 Å². The molecule has 0 fully saturated rings. The molecule has 0 saturated heterocycles. The average molecular weight is 202 g/mol. The van der Waals surface area contributed by atoms with Crippen LogP contribution in [0.1, 0.15) is 32.6 Å². The zero-order chi connectivity index (χ0) is 10.7. The largest absolute Gasteiger partial charge is 0.392 e. The van der Waals surface area contributed by atoms with Gasteiger partial charge in [-0.2, -0.15) is 0 Å². The Morgan fingerprint density at radius 1 is 0.933 bits per heavy atom. The molecule has 15 heavy (non-hydrogen) atoms. The van der Waals surface area contributed by atoms with Gasteiger partial charge in [0, 0.05) is 0 Å². The van der Waals surface area contributed by atoms with E-state index in [9.17, 15) is 0 Å². The van der Waals surface area contributed by atoms with Gasteiger partial charge in [0.05, 0.1) is 6.61 Å². The van der Waals surface area contributed by atoms with Gasteiger partial charge in [-0.3, -0.25) is 0 Å². The fraction of sp³-hybridized carbons (Fsp3) is 0.429. The molecule has 2 aliphatic carbocycles. The van der Waals surface area contributed by atoms with Gasteiger partial charge in [0.2, 0.25) is 0 Å². The zero-order valence-electron chi connectivity index (χ0n) is 9.29. The molecule has 0 aromatic rings. The topological polar surface area (TPSA) is 20.2 Å². The van der Waals surface area contributed by atoms with E-state index in [1.54, 1.807) is 0 Å².